The van der Waals surface area contributed by atoms with E-state index < -0.39 is 0 Å². The van der Waals surface area contributed by atoms with E-state index in [9.17, 15) is 0 Å². The molecule has 106 valence electrons. The van der Waals surface area contributed by atoms with E-state index in [0.29, 0.717) is 18.1 Å². The molecule has 1 aliphatic rings. The molecule has 3 unspecified atom stereocenters. The van der Waals surface area contributed by atoms with Crippen LogP contribution in [-0.4, -0.2) is 30.6 Å². The van der Waals surface area contributed by atoms with Gasteiger partial charge in [-0.3, -0.25) is 4.90 Å². The van der Waals surface area contributed by atoms with Crippen molar-refractivity contribution in [3.63, 3.8) is 0 Å². The first-order valence-corrected chi connectivity index (χ1v) is 7.72. The lowest BCUT2D eigenvalue weighted by Gasteiger charge is -2.34. The number of benzene rings is 1. The number of nitrogens with one attached hydrogen (secondary N) is 1. The first-order chi connectivity index (χ1) is 9.19. The van der Waals surface area contributed by atoms with Crippen LogP contribution in [-0.2, 0) is 6.42 Å². The van der Waals surface area contributed by atoms with Crippen molar-refractivity contribution in [3.05, 3.63) is 35.4 Å². The molecule has 1 N–H and O–H groups in total. The highest BCUT2D eigenvalue weighted by molar-refractivity contribution is 5.37. The summed E-state index contributed by atoms with van der Waals surface area (Å²) in [6.45, 7) is 7.95. The first kappa shape index (κ1) is 14.5. The monoisotopic (exact) mass is 260 g/mol. The van der Waals surface area contributed by atoms with Crippen LogP contribution in [0.25, 0.3) is 0 Å². The zero-order valence-corrected chi connectivity index (χ0v) is 12.8. The minimum absolute atomic E-state index is 0.496. The average molecular weight is 260 g/mol. The molecule has 19 heavy (non-hydrogen) atoms. The molecule has 0 spiro atoms. The SMILES string of the molecule is CCCNC1c2ccccc2CC1N(C)C(C)CC. The van der Waals surface area contributed by atoms with Gasteiger partial charge in [-0.2, -0.15) is 0 Å². The Balaban J connectivity index is 2.20. The van der Waals surface area contributed by atoms with Crippen LogP contribution in [0.1, 0.15) is 50.8 Å². The summed E-state index contributed by atoms with van der Waals surface area (Å²) in [7, 11) is 2.28. The van der Waals surface area contributed by atoms with Gasteiger partial charge in [0.05, 0.1) is 0 Å². The van der Waals surface area contributed by atoms with Crippen LogP contribution in [0.4, 0.5) is 0 Å². The second kappa shape index (κ2) is 6.53. The Kier molecular flexibility index (Phi) is 5.00. The molecule has 0 saturated heterocycles. The second-order valence-electron chi connectivity index (χ2n) is 5.82. The van der Waals surface area contributed by atoms with Crippen LogP contribution < -0.4 is 5.32 Å². The second-order valence-corrected chi connectivity index (χ2v) is 5.82. The van der Waals surface area contributed by atoms with E-state index in [0.717, 1.165) is 6.54 Å². The van der Waals surface area contributed by atoms with Crippen molar-refractivity contribution < 1.29 is 0 Å². The van der Waals surface area contributed by atoms with Gasteiger partial charge in [-0.05, 0) is 50.9 Å². The summed E-state index contributed by atoms with van der Waals surface area (Å²) in [5, 5.41) is 3.76. The van der Waals surface area contributed by atoms with Crippen molar-refractivity contribution in [3.8, 4) is 0 Å². The van der Waals surface area contributed by atoms with Crippen molar-refractivity contribution in [2.45, 2.75) is 58.2 Å². The Morgan fingerprint density at radius 2 is 2.05 bits per heavy atom. The van der Waals surface area contributed by atoms with E-state index in [1.54, 1.807) is 0 Å². The lowest BCUT2D eigenvalue weighted by atomic mass is 10.0. The maximum atomic E-state index is 3.76. The van der Waals surface area contributed by atoms with Crippen molar-refractivity contribution in [1.82, 2.24) is 10.2 Å². The van der Waals surface area contributed by atoms with Gasteiger partial charge in [0.15, 0.2) is 0 Å². The van der Waals surface area contributed by atoms with Crippen molar-refractivity contribution in [1.29, 1.82) is 0 Å². The van der Waals surface area contributed by atoms with Gasteiger partial charge in [-0.15, -0.1) is 0 Å². The Bertz CT molecular complexity index is 402. The standard InChI is InChI=1S/C17H28N2/c1-5-11-18-17-15-10-8-7-9-14(15)12-16(17)19(4)13(3)6-2/h7-10,13,16-18H,5-6,11-12H2,1-4H3. The van der Waals surface area contributed by atoms with E-state index in [2.05, 4.69) is 62.3 Å². The summed E-state index contributed by atoms with van der Waals surface area (Å²) >= 11 is 0. The van der Waals surface area contributed by atoms with Gasteiger partial charge < -0.3 is 5.32 Å². The molecular weight excluding hydrogens is 232 g/mol. The van der Waals surface area contributed by atoms with Gasteiger partial charge in [0, 0.05) is 18.1 Å². The van der Waals surface area contributed by atoms with Gasteiger partial charge in [0.2, 0.25) is 0 Å². The Hall–Kier alpha value is -0.860. The molecular formula is C17H28N2. The van der Waals surface area contributed by atoms with Crippen LogP contribution in [0.15, 0.2) is 24.3 Å². The van der Waals surface area contributed by atoms with E-state index >= 15 is 0 Å². The van der Waals surface area contributed by atoms with Crippen molar-refractivity contribution in [2.24, 2.45) is 0 Å². The summed E-state index contributed by atoms with van der Waals surface area (Å²) in [5.41, 5.74) is 3.03. The number of rotatable bonds is 6. The Morgan fingerprint density at radius 1 is 1.32 bits per heavy atom. The molecule has 1 aromatic carbocycles. The van der Waals surface area contributed by atoms with E-state index in [4.69, 9.17) is 0 Å². The molecule has 2 nitrogen and oxygen atoms in total. The highest BCUT2D eigenvalue weighted by Gasteiger charge is 2.35. The highest BCUT2D eigenvalue weighted by Crippen LogP contribution is 2.34. The van der Waals surface area contributed by atoms with E-state index in [-0.39, 0.29) is 0 Å². The molecule has 0 aliphatic heterocycles. The molecule has 1 aliphatic carbocycles. The summed E-state index contributed by atoms with van der Waals surface area (Å²) < 4.78 is 0. The smallest absolute Gasteiger partial charge is 0.0484 e. The van der Waals surface area contributed by atoms with Crippen molar-refractivity contribution >= 4 is 0 Å². The number of hydrogen-bond donors (Lipinski definition) is 1. The zero-order chi connectivity index (χ0) is 13.8. The lowest BCUT2D eigenvalue weighted by Crippen LogP contribution is -2.45. The largest absolute Gasteiger partial charge is 0.309 e. The fourth-order valence-electron chi connectivity index (χ4n) is 3.11. The molecule has 0 amide bonds. The van der Waals surface area contributed by atoms with Crippen molar-refractivity contribution in [2.75, 3.05) is 13.6 Å². The zero-order valence-electron chi connectivity index (χ0n) is 12.8. The van der Waals surface area contributed by atoms with Gasteiger partial charge in [-0.25, -0.2) is 0 Å². The third-order valence-electron chi connectivity index (χ3n) is 4.63. The summed E-state index contributed by atoms with van der Waals surface area (Å²) in [6.07, 6.45) is 3.58. The highest BCUT2D eigenvalue weighted by atomic mass is 15.2. The van der Waals surface area contributed by atoms with Crippen LogP contribution in [0.5, 0.6) is 0 Å². The maximum absolute atomic E-state index is 3.76. The fraction of sp³-hybridized carbons (Fsp3) is 0.647. The number of fused-ring (bicyclic) bond motifs is 1. The average Bonchev–Trinajstić information content (AvgIpc) is 2.82. The third kappa shape index (κ3) is 3.01. The summed E-state index contributed by atoms with van der Waals surface area (Å²) in [4.78, 5) is 2.56. The molecule has 0 aromatic heterocycles. The quantitative estimate of drug-likeness (QED) is 0.843. The lowest BCUT2D eigenvalue weighted by molar-refractivity contribution is 0.152. The summed E-state index contributed by atoms with van der Waals surface area (Å²) in [5.74, 6) is 0. The number of nitrogens with zero attached hydrogens (tertiary/aromatic N) is 1. The van der Waals surface area contributed by atoms with Crippen LogP contribution in [0, 0.1) is 0 Å². The normalized spacial score (nSPS) is 23.6. The molecule has 2 rings (SSSR count). The maximum Gasteiger partial charge on any atom is 0.0484 e. The first-order valence-electron chi connectivity index (χ1n) is 7.72. The molecule has 1 aromatic rings. The fourth-order valence-corrected chi connectivity index (χ4v) is 3.11. The molecule has 0 heterocycles. The third-order valence-corrected chi connectivity index (χ3v) is 4.63. The van der Waals surface area contributed by atoms with E-state index in [1.165, 1.54) is 30.4 Å². The molecule has 2 heteroatoms. The predicted molar refractivity (Wildman–Crippen MR) is 82.5 cm³/mol. The van der Waals surface area contributed by atoms with Gasteiger partial charge in [-0.1, -0.05) is 38.1 Å². The topological polar surface area (TPSA) is 15.3 Å². The number of likely N-dealkylation sites (N-methyl/N-ethyl adjacent to an activating group) is 1. The van der Waals surface area contributed by atoms with Crippen LogP contribution in [0.3, 0.4) is 0 Å². The molecule has 0 bridgehead atoms. The molecule has 0 fully saturated rings. The van der Waals surface area contributed by atoms with Gasteiger partial charge in [0.1, 0.15) is 0 Å². The molecule has 0 saturated carbocycles. The molecule has 0 radical (unpaired) electrons. The Morgan fingerprint density at radius 3 is 2.74 bits per heavy atom. The van der Waals surface area contributed by atoms with Crippen LogP contribution in [0.2, 0.25) is 0 Å². The van der Waals surface area contributed by atoms with Gasteiger partial charge >= 0.3 is 0 Å². The Labute approximate surface area is 118 Å². The van der Waals surface area contributed by atoms with E-state index in [1.807, 2.05) is 0 Å². The number of hydrogen-bond acceptors (Lipinski definition) is 2. The summed E-state index contributed by atoms with van der Waals surface area (Å²) in [6, 6.07) is 10.7. The predicted octanol–water partition coefficient (Wildman–Crippen LogP) is 3.38. The van der Waals surface area contributed by atoms with Gasteiger partial charge in [0.25, 0.3) is 0 Å². The minimum Gasteiger partial charge on any atom is -0.309 e. The minimum atomic E-state index is 0.496. The van der Waals surface area contributed by atoms with Crippen LogP contribution >= 0.6 is 0 Å². The molecule has 3 atom stereocenters.